The van der Waals surface area contributed by atoms with Gasteiger partial charge in [0, 0.05) is 11.3 Å². The Balaban J connectivity index is 2.20. The van der Waals surface area contributed by atoms with Crippen molar-refractivity contribution in [2.45, 2.75) is 72.6 Å². The molecule has 1 aromatic rings. The van der Waals surface area contributed by atoms with Gasteiger partial charge in [-0.1, -0.05) is 40.5 Å². The number of nitrogens with zero attached hydrogens (tertiary/aromatic N) is 1. The van der Waals surface area contributed by atoms with E-state index in [0.29, 0.717) is 23.3 Å². The Labute approximate surface area is 144 Å². The van der Waals surface area contributed by atoms with Crippen molar-refractivity contribution in [2.24, 2.45) is 11.3 Å². The minimum absolute atomic E-state index is 0.0346. The molecule has 0 fully saturated rings. The molecule has 1 heterocycles. The zero-order chi connectivity index (χ0) is 17.0. The molecule has 1 atom stereocenters. The molecule has 0 saturated carbocycles. The van der Waals surface area contributed by atoms with Crippen molar-refractivity contribution in [1.82, 2.24) is 0 Å². The molecule has 0 aromatic carbocycles. The number of carbonyl (C=O) groups excluding carboxylic acids is 1. The number of nitriles is 1. The molecular weight excluding hydrogens is 304 g/mol. The number of carbonyl (C=O) groups is 1. The van der Waals surface area contributed by atoms with E-state index in [1.807, 2.05) is 0 Å². The number of rotatable bonds is 6. The highest BCUT2D eigenvalue weighted by Crippen LogP contribution is 2.45. The van der Waals surface area contributed by atoms with E-state index in [4.69, 9.17) is 0 Å². The van der Waals surface area contributed by atoms with Gasteiger partial charge >= 0.3 is 0 Å². The molecule has 126 valence electrons. The normalized spacial score (nSPS) is 17.4. The Bertz CT molecular complexity index is 610. The van der Waals surface area contributed by atoms with Crippen molar-refractivity contribution in [2.75, 3.05) is 5.32 Å². The van der Waals surface area contributed by atoms with Crippen LogP contribution in [0.1, 0.15) is 75.8 Å². The van der Waals surface area contributed by atoms with Crippen LogP contribution in [-0.4, -0.2) is 5.91 Å². The third-order valence-electron chi connectivity index (χ3n) is 5.40. The molecule has 1 amide bonds. The molecule has 23 heavy (non-hydrogen) atoms. The van der Waals surface area contributed by atoms with Gasteiger partial charge in [-0.05, 0) is 42.6 Å². The summed E-state index contributed by atoms with van der Waals surface area (Å²) in [5.41, 5.74) is 2.23. The van der Waals surface area contributed by atoms with E-state index >= 15 is 0 Å². The molecule has 1 aliphatic carbocycles. The van der Waals surface area contributed by atoms with Gasteiger partial charge in [-0.2, -0.15) is 5.26 Å². The van der Waals surface area contributed by atoms with Gasteiger partial charge < -0.3 is 5.32 Å². The summed E-state index contributed by atoms with van der Waals surface area (Å²) >= 11 is 1.62. The molecule has 2 rings (SSSR count). The van der Waals surface area contributed by atoms with Gasteiger partial charge in [0.2, 0.25) is 5.91 Å². The fraction of sp³-hybridized carbons (Fsp3) is 0.684. The Kier molecular flexibility index (Phi) is 5.86. The zero-order valence-corrected chi connectivity index (χ0v) is 15.6. The number of fused-ring (bicyclic) bond motifs is 1. The molecule has 0 bridgehead atoms. The first-order chi connectivity index (χ1) is 10.9. The third-order valence-corrected chi connectivity index (χ3v) is 6.57. The van der Waals surface area contributed by atoms with E-state index in [1.54, 1.807) is 11.3 Å². The van der Waals surface area contributed by atoms with Gasteiger partial charge in [0.15, 0.2) is 0 Å². The zero-order valence-electron chi connectivity index (χ0n) is 14.8. The molecule has 0 aliphatic heterocycles. The minimum atomic E-state index is 0.0346. The smallest absolute Gasteiger partial charge is 0.225 e. The molecule has 1 aliphatic rings. The lowest BCUT2D eigenvalue weighted by molar-refractivity contribution is -0.116. The largest absolute Gasteiger partial charge is 0.317 e. The first kappa shape index (κ1) is 18.0. The summed E-state index contributed by atoms with van der Waals surface area (Å²) in [4.78, 5) is 13.3. The second kappa shape index (κ2) is 7.49. The number of amides is 1. The van der Waals surface area contributed by atoms with Gasteiger partial charge in [0.05, 0.1) is 5.56 Å². The lowest BCUT2D eigenvalue weighted by atomic mass is 9.69. The van der Waals surface area contributed by atoms with Gasteiger partial charge in [-0.15, -0.1) is 11.3 Å². The standard InChI is InChI=1S/C19H28N2OS/c1-5-7-8-17(22)21-18-15(12-20)14-10-9-13(11-16(14)23-18)19(3,4)6-2/h13H,5-11H2,1-4H3,(H,21,22). The summed E-state index contributed by atoms with van der Waals surface area (Å²) in [6, 6.07) is 2.33. The second-order valence-corrected chi connectivity index (χ2v) is 8.36. The topological polar surface area (TPSA) is 52.9 Å². The van der Waals surface area contributed by atoms with Gasteiger partial charge in [0.1, 0.15) is 11.1 Å². The maximum atomic E-state index is 12.0. The summed E-state index contributed by atoms with van der Waals surface area (Å²) < 4.78 is 0. The number of hydrogen-bond acceptors (Lipinski definition) is 3. The van der Waals surface area contributed by atoms with Crippen molar-refractivity contribution in [3.63, 3.8) is 0 Å². The maximum Gasteiger partial charge on any atom is 0.225 e. The van der Waals surface area contributed by atoms with Crippen molar-refractivity contribution >= 4 is 22.2 Å². The van der Waals surface area contributed by atoms with Gasteiger partial charge in [0.25, 0.3) is 0 Å². The fourth-order valence-corrected chi connectivity index (χ4v) is 4.57. The Morgan fingerprint density at radius 1 is 1.43 bits per heavy atom. The molecular formula is C19H28N2OS. The van der Waals surface area contributed by atoms with Crippen LogP contribution in [0.15, 0.2) is 0 Å². The van der Waals surface area contributed by atoms with Crippen LogP contribution in [-0.2, 0) is 17.6 Å². The maximum absolute atomic E-state index is 12.0. The van der Waals surface area contributed by atoms with Crippen LogP contribution in [0.25, 0.3) is 0 Å². The van der Waals surface area contributed by atoms with Crippen LogP contribution >= 0.6 is 11.3 Å². The molecule has 1 N–H and O–H groups in total. The number of hydrogen-bond donors (Lipinski definition) is 1. The van der Waals surface area contributed by atoms with Crippen molar-refractivity contribution < 1.29 is 4.79 Å². The van der Waals surface area contributed by atoms with E-state index in [2.05, 4.69) is 39.1 Å². The molecule has 0 saturated heterocycles. The number of unbranched alkanes of at least 4 members (excludes halogenated alkanes) is 1. The first-order valence-electron chi connectivity index (χ1n) is 8.77. The number of anilines is 1. The minimum Gasteiger partial charge on any atom is -0.317 e. The van der Waals surface area contributed by atoms with Crippen LogP contribution in [0.4, 0.5) is 5.00 Å². The van der Waals surface area contributed by atoms with E-state index < -0.39 is 0 Å². The SMILES string of the molecule is CCCCC(=O)Nc1sc2c(c1C#N)CCC(C(C)(C)CC)C2. The highest BCUT2D eigenvalue weighted by Gasteiger charge is 2.33. The number of nitrogens with one attached hydrogen (secondary N) is 1. The quantitative estimate of drug-likeness (QED) is 0.769. The lowest BCUT2D eigenvalue weighted by Crippen LogP contribution is -2.28. The average Bonchev–Trinajstić information content (AvgIpc) is 2.88. The molecule has 0 spiro atoms. The first-order valence-corrected chi connectivity index (χ1v) is 9.59. The Morgan fingerprint density at radius 3 is 2.78 bits per heavy atom. The third kappa shape index (κ3) is 3.95. The van der Waals surface area contributed by atoms with Crippen molar-refractivity contribution in [3.05, 3.63) is 16.0 Å². The molecule has 3 nitrogen and oxygen atoms in total. The monoisotopic (exact) mass is 332 g/mol. The average molecular weight is 333 g/mol. The highest BCUT2D eigenvalue weighted by molar-refractivity contribution is 7.16. The van der Waals surface area contributed by atoms with E-state index in [9.17, 15) is 10.1 Å². The predicted molar refractivity (Wildman–Crippen MR) is 96.8 cm³/mol. The van der Waals surface area contributed by atoms with E-state index in [-0.39, 0.29) is 5.91 Å². The predicted octanol–water partition coefficient (Wildman–Crippen LogP) is 5.29. The van der Waals surface area contributed by atoms with Crippen LogP contribution in [0.3, 0.4) is 0 Å². The number of thiophene rings is 1. The van der Waals surface area contributed by atoms with Crippen LogP contribution in [0.2, 0.25) is 0 Å². The molecule has 4 heteroatoms. The van der Waals surface area contributed by atoms with Crippen molar-refractivity contribution in [1.29, 1.82) is 5.26 Å². The molecule has 1 aromatic heterocycles. The van der Waals surface area contributed by atoms with Gasteiger partial charge in [-0.25, -0.2) is 0 Å². The van der Waals surface area contributed by atoms with Crippen LogP contribution in [0, 0.1) is 22.7 Å². The molecule has 1 unspecified atom stereocenters. The summed E-state index contributed by atoms with van der Waals surface area (Å²) in [5, 5.41) is 13.3. The van der Waals surface area contributed by atoms with E-state index in [0.717, 1.165) is 37.1 Å². The molecule has 0 radical (unpaired) electrons. The fourth-order valence-electron chi connectivity index (χ4n) is 3.27. The summed E-state index contributed by atoms with van der Waals surface area (Å²) in [6.07, 6.45) is 6.76. The summed E-state index contributed by atoms with van der Waals surface area (Å²) in [7, 11) is 0. The Morgan fingerprint density at radius 2 is 2.17 bits per heavy atom. The van der Waals surface area contributed by atoms with Crippen molar-refractivity contribution in [3.8, 4) is 6.07 Å². The van der Waals surface area contributed by atoms with Gasteiger partial charge in [-0.3, -0.25) is 4.79 Å². The second-order valence-electron chi connectivity index (χ2n) is 7.25. The summed E-state index contributed by atoms with van der Waals surface area (Å²) in [6.45, 7) is 9.02. The van der Waals surface area contributed by atoms with E-state index in [1.165, 1.54) is 16.9 Å². The highest BCUT2D eigenvalue weighted by atomic mass is 32.1. The van der Waals surface area contributed by atoms with Crippen LogP contribution in [0.5, 0.6) is 0 Å². The van der Waals surface area contributed by atoms with Crippen LogP contribution < -0.4 is 5.32 Å². The Hall–Kier alpha value is -1.34. The summed E-state index contributed by atoms with van der Waals surface area (Å²) in [5.74, 6) is 0.696. The lowest BCUT2D eigenvalue weighted by Gasteiger charge is -2.36.